The average molecular weight is 567 g/mol. The third kappa shape index (κ3) is 10.4. The monoisotopic (exact) mass is 566 g/mol. The van der Waals surface area contributed by atoms with Gasteiger partial charge in [0.05, 0.1) is 18.7 Å². The Morgan fingerprint density at radius 3 is 2.39 bits per heavy atom. The summed E-state index contributed by atoms with van der Waals surface area (Å²) in [6.45, 7) is 9.08. The van der Waals surface area contributed by atoms with Crippen molar-refractivity contribution in [2.24, 2.45) is 11.8 Å². The smallest absolute Gasteiger partial charge is 0.246 e. The first-order chi connectivity index (χ1) is 19.6. The van der Waals surface area contributed by atoms with Gasteiger partial charge >= 0.3 is 0 Å². The van der Waals surface area contributed by atoms with Crippen LogP contribution in [0.15, 0.2) is 77.6 Å². The molecule has 1 aromatic carbocycles. The summed E-state index contributed by atoms with van der Waals surface area (Å²) in [5, 5.41) is 1.70. The Morgan fingerprint density at radius 2 is 1.83 bits per heavy atom. The van der Waals surface area contributed by atoms with E-state index in [1.165, 1.54) is 57.8 Å². The van der Waals surface area contributed by atoms with Gasteiger partial charge in [0.1, 0.15) is 6.29 Å². The van der Waals surface area contributed by atoms with Crippen LogP contribution in [0, 0.1) is 5.92 Å². The number of aldehydes is 1. The Morgan fingerprint density at radius 1 is 1.15 bits per heavy atom. The van der Waals surface area contributed by atoms with Crippen LogP contribution in [-0.2, 0) is 19.0 Å². The minimum atomic E-state index is -0.694. The van der Waals surface area contributed by atoms with Gasteiger partial charge in [0.25, 0.3) is 0 Å². The highest BCUT2D eigenvalue weighted by molar-refractivity contribution is 5.61. The van der Waals surface area contributed by atoms with E-state index in [-0.39, 0.29) is 5.92 Å². The molecule has 2 heterocycles. The molecule has 0 radical (unpaired) electrons. The molecule has 226 valence electrons. The maximum Gasteiger partial charge on any atom is 0.246 e. The molecule has 2 fully saturated rings. The van der Waals surface area contributed by atoms with E-state index < -0.39 is 5.79 Å². The summed E-state index contributed by atoms with van der Waals surface area (Å²) in [7, 11) is 5.95. The Labute approximate surface area is 247 Å². The number of carbonyl (C=O) groups is 1. The first kappa shape index (κ1) is 32.4. The van der Waals surface area contributed by atoms with Crippen LogP contribution in [-0.4, -0.2) is 68.8 Å². The number of ether oxygens (including phenoxy) is 3. The quantitative estimate of drug-likeness (QED) is 0.242. The first-order valence-electron chi connectivity index (χ1n) is 14.8. The van der Waals surface area contributed by atoms with Crippen molar-refractivity contribution in [1.29, 1.82) is 0 Å². The van der Waals surface area contributed by atoms with E-state index in [9.17, 15) is 4.79 Å². The molecule has 0 aromatic heterocycles. The van der Waals surface area contributed by atoms with Crippen molar-refractivity contribution >= 4 is 12.0 Å². The van der Waals surface area contributed by atoms with Gasteiger partial charge in [0.2, 0.25) is 11.5 Å². The molecule has 0 bridgehead atoms. The predicted molar refractivity (Wildman–Crippen MR) is 166 cm³/mol. The minimum Gasteiger partial charge on any atom is -0.493 e. The van der Waals surface area contributed by atoms with Crippen LogP contribution in [0.3, 0.4) is 0 Å². The SMILES string of the molecule is C/C(=C\N(N)c1ccccc1)CN(C)C[C@@H]1CCCN1C.C1CCC1.COC1=CC(C=O)C=CC2=C1OC(C)(C)O2. The molecule has 4 aliphatic rings. The summed E-state index contributed by atoms with van der Waals surface area (Å²) in [6, 6.07) is 10.7. The number of nitrogens with zero attached hydrogens (tertiary/aromatic N) is 3. The van der Waals surface area contributed by atoms with E-state index in [4.69, 9.17) is 20.1 Å². The van der Waals surface area contributed by atoms with Gasteiger partial charge in [-0.05, 0) is 70.3 Å². The molecule has 1 aromatic rings. The number of likely N-dealkylation sites (tertiary alicyclic amines) is 1. The Kier molecular flexibility index (Phi) is 12.5. The van der Waals surface area contributed by atoms with Crippen molar-refractivity contribution in [3.63, 3.8) is 0 Å². The minimum absolute atomic E-state index is 0.309. The number of carbonyl (C=O) groups excluding carboxylic acids is 1. The lowest BCUT2D eigenvalue weighted by molar-refractivity contribution is -0.121. The van der Waals surface area contributed by atoms with Crippen LogP contribution in [0.1, 0.15) is 59.3 Å². The van der Waals surface area contributed by atoms with E-state index in [1.54, 1.807) is 23.2 Å². The standard InChI is InChI=1S/C17H28N4.C12H14O4.C4H8/c1-15(13-21(18)16-8-5-4-6-9-16)12-19(2)14-17-10-7-11-20(17)3;1-12(2)15-9-5-4-8(7-13)6-10(14-3)11(9)16-12;1-2-4-3-1/h4-6,8-9,13,17H,7,10-12,14,18H2,1-3H3;4-8H,1-3H3;1-4H2/b15-13+;;/t17-;;/m0../s1. The molecule has 2 atom stereocenters. The lowest BCUT2D eigenvalue weighted by atomic mass is 10.0. The zero-order chi connectivity index (χ0) is 29.8. The highest BCUT2D eigenvalue weighted by Gasteiger charge is 2.36. The molecule has 2 aliphatic carbocycles. The molecule has 1 saturated carbocycles. The Balaban J connectivity index is 0.000000203. The Bertz CT molecular complexity index is 1090. The van der Waals surface area contributed by atoms with Crippen LogP contribution in [0.5, 0.6) is 0 Å². The molecular weight excluding hydrogens is 516 g/mol. The number of anilines is 1. The van der Waals surface area contributed by atoms with Crippen LogP contribution < -0.4 is 10.9 Å². The van der Waals surface area contributed by atoms with E-state index in [1.807, 2.05) is 50.4 Å². The third-order valence-electron chi connectivity index (χ3n) is 7.47. The van der Waals surface area contributed by atoms with Gasteiger partial charge in [-0.1, -0.05) is 50.0 Å². The van der Waals surface area contributed by atoms with Crippen LogP contribution in [0.4, 0.5) is 5.69 Å². The Hall–Kier alpha value is -3.07. The second kappa shape index (κ2) is 15.8. The van der Waals surface area contributed by atoms with Gasteiger partial charge in [-0.15, -0.1) is 0 Å². The van der Waals surface area contributed by atoms with E-state index in [0.717, 1.165) is 25.1 Å². The molecule has 2 aliphatic heterocycles. The summed E-state index contributed by atoms with van der Waals surface area (Å²) in [4.78, 5) is 15.6. The predicted octanol–water partition coefficient (Wildman–Crippen LogP) is 5.75. The molecule has 41 heavy (non-hydrogen) atoms. The van der Waals surface area contributed by atoms with E-state index in [0.29, 0.717) is 23.3 Å². The largest absolute Gasteiger partial charge is 0.493 e. The number of allylic oxidation sites excluding steroid dienone is 3. The number of para-hydroxylation sites is 1. The summed E-state index contributed by atoms with van der Waals surface area (Å²) >= 11 is 0. The van der Waals surface area contributed by atoms with Gasteiger partial charge in [-0.3, -0.25) is 5.01 Å². The molecule has 1 unspecified atom stereocenters. The molecule has 0 amide bonds. The highest BCUT2D eigenvalue weighted by Crippen LogP contribution is 2.37. The zero-order valence-electron chi connectivity index (χ0n) is 25.8. The zero-order valence-corrected chi connectivity index (χ0v) is 25.8. The second-order valence-corrected chi connectivity index (χ2v) is 11.7. The highest BCUT2D eigenvalue weighted by atomic mass is 16.7. The number of hydrogen-bond acceptors (Lipinski definition) is 8. The van der Waals surface area contributed by atoms with Crippen molar-refractivity contribution in [2.75, 3.05) is 45.8 Å². The molecule has 8 heteroatoms. The summed E-state index contributed by atoms with van der Waals surface area (Å²) in [6.07, 6.45) is 16.7. The number of likely N-dealkylation sites (N-methyl/N-ethyl adjacent to an activating group) is 2. The maximum absolute atomic E-state index is 10.8. The number of hydrazine groups is 1. The van der Waals surface area contributed by atoms with Gasteiger partial charge in [-0.25, -0.2) is 5.84 Å². The van der Waals surface area contributed by atoms with E-state index >= 15 is 0 Å². The van der Waals surface area contributed by atoms with Crippen molar-refractivity contribution in [1.82, 2.24) is 9.80 Å². The number of hydrogen-bond donors (Lipinski definition) is 1. The fraction of sp³-hybridized carbons (Fsp3) is 0.545. The summed E-state index contributed by atoms with van der Waals surface area (Å²) < 4.78 is 16.4. The molecule has 2 N–H and O–H groups in total. The van der Waals surface area contributed by atoms with Crippen molar-refractivity contribution in [3.8, 4) is 0 Å². The lowest BCUT2D eigenvalue weighted by Crippen LogP contribution is -2.37. The fourth-order valence-electron chi connectivity index (χ4n) is 4.92. The van der Waals surface area contributed by atoms with Crippen molar-refractivity contribution < 1.29 is 19.0 Å². The van der Waals surface area contributed by atoms with Crippen LogP contribution in [0.25, 0.3) is 0 Å². The van der Waals surface area contributed by atoms with Crippen molar-refractivity contribution in [2.45, 2.75) is 71.1 Å². The number of nitrogens with two attached hydrogens (primary N) is 1. The van der Waals surface area contributed by atoms with Gasteiger partial charge in [-0.2, -0.15) is 0 Å². The van der Waals surface area contributed by atoms with Gasteiger partial charge in [0.15, 0.2) is 11.5 Å². The summed E-state index contributed by atoms with van der Waals surface area (Å²) in [5.74, 6) is 6.76. The van der Waals surface area contributed by atoms with Gasteiger partial charge in [0, 0.05) is 39.2 Å². The van der Waals surface area contributed by atoms with Gasteiger partial charge < -0.3 is 28.8 Å². The number of rotatable bonds is 8. The topological polar surface area (TPSA) is 80.5 Å². The van der Waals surface area contributed by atoms with Crippen LogP contribution in [0.2, 0.25) is 0 Å². The maximum atomic E-state index is 10.8. The molecule has 8 nitrogen and oxygen atoms in total. The third-order valence-corrected chi connectivity index (χ3v) is 7.47. The molecule has 0 spiro atoms. The van der Waals surface area contributed by atoms with Crippen LogP contribution >= 0.6 is 0 Å². The van der Waals surface area contributed by atoms with Crippen molar-refractivity contribution in [3.05, 3.63) is 77.6 Å². The lowest BCUT2D eigenvalue weighted by Gasteiger charge is -2.26. The summed E-state index contributed by atoms with van der Waals surface area (Å²) in [5.41, 5.74) is 2.28. The molecule has 5 rings (SSSR count). The van der Waals surface area contributed by atoms with E-state index in [2.05, 4.69) is 30.8 Å². The average Bonchev–Trinajstić information content (AvgIpc) is 3.39. The normalized spacial score (nSPS) is 22.9. The number of methoxy groups -OCH3 is 1. The number of benzene rings is 1. The molecular formula is C33H50N4O4. The fourth-order valence-corrected chi connectivity index (χ4v) is 4.92. The second-order valence-electron chi connectivity index (χ2n) is 11.7. The molecule has 1 saturated heterocycles. The first-order valence-corrected chi connectivity index (χ1v) is 14.8.